The van der Waals surface area contributed by atoms with E-state index in [4.69, 9.17) is 9.47 Å². The number of hydrogen-bond acceptors (Lipinski definition) is 5. The van der Waals surface area contributed by atoms with E-state index in [-0.39, 0.29) is 24.4 Å². The number of ether oxygens (including phenoxy) is 2. The molecule has 0 radical (unpaired) electrons. The highest BCUT2D eigenvalue weighted by molar-refractivity contribution is 5.85. The van der Waals surface area contributed by atoms with Gasteiger partial charge in [0.1, 0.15) is 24.7 Å². The molecule has 2 aromatic carbocycles. The zero-order chi connectivity index (χ0) is 21.3. The molecule has 2 amide bonds. The van der Waals surface area contributed by atoms with Crippen molar-refractivity contribution >= 4 is 11.8 Å². The van der Waals surface area contributed by atoms with Gasteiger partial charge in [0.05, 0.1) is 19.8 Å². The summed E-state index contributed by atoms with van der Waals surface area (Å²) < 4.78 is 11.0. The van der Waals surface area contributed by atoms with Crippen LogP contribution in [0.2, 0.25) is 0 Å². The zero-order valence-electron chi connectivity index (χ0n) is 17.5. The Hall–Kier alpha value is -3.06. The van der Waals surface area contributed by atoms with Gasteiger partial charge in [-0.2, -0.15) is 0 Å². The molecule has 1 fully saturated rings. The van der Waals surface area contributed by atoms with Crippen molar-refractivity contribution < 1.29 is 19.1 Å². The summed E-state index contributed by atoms with van der Waals surface area (Å²) in [6, 6.07) is 15.4. The fourth-order valence-electron chi connectivity index (χ4n) is 3.25. The first kappa shape index (κ1) is 21.6. The summed E-state index contributed by atoms with van der Waals surface area (Å²) in [5.74, 6) is 1.34. The van der Waals surface area contributed by atoms with Crippen LogP contribution in [-0.2, 0) is 9.59 Å². The molecule has 7 nitrogen and oxygen atoms in total. The Kier molecular flexibility index (Phi) is 7.68. The smallest absolute Gasteiger partial charge is 0.239 e. The summed E-state index contributed by atoms with van der Waals surface area (Å²) in [6.45, 7) is 5.71. The standard InChI is InChI=1S/C23H29N3O4/c1-3-29-19-10-6-18(7-11-19)21-14-23(28)26(16-25-21)15-22(27)24-12-13-30-20-8-4-17(2)5-9-20/h4-11,21,25H,3,12-16H2,1-2H3,(H,24,27). The van der Waals surface area contributed by atoms with E-state index < -0.39 is 0 Å². The van der Waals surface area contributed by atoms with E-state index in [1.165, 1.54) is 10.5 Å². The van der Waals surface area contributed by atoms with Crippen molar-refractivity contribution in [1.82, 2.24) is 15.5 Å². The lowest BCUT2D eigenvalue weighted by molar-refractivity contribution is -0.139. The Balaban J connectivity index is 1.38. The van der Waals surface area contributed by atoms with E-state index in [0.717, 1.165) is 17.1 Å². The molecule has 1 unspecified atom stereocenters. The third kappa shape index (κ3) is 6.22. The number of carbonyl (C=O) groups excluding carboxylic acids is 2. The predicted molar refractivity (Wildman–Crippen MR) is 114 cm³/mol. The average Bonchev–Trinajstić information content (AvgIpc) is 2.75. The average molecular weight is 412 g/mol. The normalized spacial score (nSPS) is 16.3. The molecule has 1 atom stereocenters. The van der Waals surface area contributed by atoms with Crippen molar-refractivity contribution in [2.45, 2.75) is 26.3 Å². The topological polar surface area (TPSA) is 79.9 Å². The molecule has 7 heteroatoms. The molecule has 0 spiro atoms. The van der Waals surface area contributed by atoms with Gasteiger partial charge in [-0.15, -0.1) is 0 Å². The lowest BCUT2D eigenvalue weighted by Gasteiger charge is -2.32. The number of amides is 2. The Morgan fingerprint density at radius 3 is 2.43 bits per heavy atom. The van der Waals surface area contributed by atoms with Gasteiger partial charge < -0.3 is 19.7 Å². The predicted octanol–water partition coefficient (Wildman–Crippen LogP) is 2.41. The minimum absolute atomic E-state index is 0.0341. The van der Waals surface area contributed by atoms with Crippen LogP contribution in [0.25, 0.3) is 0 Å². The van der Waals surface area contributed by atoms with Crippen LogP contribution in [0.3, 0.4) is 0 Å². The summed E-state index contributed by atoms with van der Waals surface area (Å²) in [5, 5.41) is 6.12. The fraction of sp³-hybridized carbons (Fsp3) is 0.391. The van der Waals surface area contributed by atoms with Crippen molar-refractivity contribution in [3.63, 3.8) is 0 Å². The Morgan fingerprint density at radius 2 is 1.77 bits per heavy atom. The van der Waals surface area contributed by atoms with Crippen molar-refractivity contribution in [2.24, 2.45) is 0 Å². The summed E-state index contributed by atoms with van der Waals surface area (Å²) in [5.41, 5.74) is 2.20. The van der Waals surface area contributed by atoms with Crippen LogP contribution < -0.4 is 20.1 Å². The molecular formula is C23H29N3O4. The van der Waals surface area contributed by atoms with Crippen molar-refractivity contribution in [3.8, 4) is 11.5 Å². The highest BCUT2D eigenvalue weighted by Crippen LogP contribution is 2.23. The van der Waals surface area contributed by atoms with Crippen molar-refractivity contribution in [3.05, 3.63) is 59.7 Å². The highest BCUT2D eigenvalue weighted by Gasteiger charge is 2.27. The molecule has 1 saturated heterocycles. The number of aryl methyl sites for hydroxylation is 1. The third-order valence-corrected chi connectivity index (χ3v) is 4.90. The summed E-state index contributed by atoms with van der Waals surface area (Å²) in [6.07, 6.45) is 0.317. The van der Waals surface area contributed by atoms with Gasteiger partial charge in [0.25, 0.3) is 0 Å². The number of hydrogen-bond donors (Lipinski definition) is 2. The minimum atomic E-state index is -0.197. The van der Waals surface area contributed by atoms with Crippen LogP contribution in [0.1, 0.15) is 30.5 Å². The molecule has 0 aliphatic carbocycles. The number of carbonyl (C=O) groups is 2. The molecule has 30 heavy (non-hydrogen) atoms. The third-order valence-electron chi connectivity index (χ3n) is 4.90. The van der Waals surface area contributed by atoms with E-state index in [0.29, 0.717) is 32.8 Å². The lowest BCUT2D eigenvalue weighted by atomic mass is 10.0. The molecule has 2 aromatic rings. The lowest BCUT2D eigenvalue weighted by Crippen LogP contribution is -2.50. The molecule has 0 aromatic heterocycles. The van der Waals surface area contributed by atoms with E-state index in [9.17, 15) is 9.59 Å². The van der Waals surface area contributed by atoms with Gasteiger partial charge in [-0.3, -0.25) is 14.9 Å². The molecule has 160 valence electrons. The molecule has 1 aliphatic rings. The van der Waals surface area contributed by atoms with E-state index in [1.54, 1.807) is 0 Å². The van der Waals surface area contributed by atoms with Gasteiger partial charge in [-0.25, -0.2) is 0 Å². The second-order valence-corrected chi connectivity index (χ2v) is 7.22. The molecule has 2 N–H and O–H groups in total. The van der Waals surface area contributed by atoms with Crippen LogP contribution in [0.15, 0.2) is 48.5 Å². The molecule has 3 rings (SSSR count). The number of nitrogens with one attached hydrogen (secondary N) is 2. The van der Waals surface area contributed by atoms with Crippen LogP contribution in [-0.4, -0.2) is 49.7 Å². The summed E-state index contributed by atoms with van der Waals surface area (Å²) >= 11 is 0. The monoisotopic (exact) mass is 411 g/mol. The Bertz CT molecular complexity index is 837. The number of nitrogens with zero attached hydrogens (tertiary/aromatic N) is 1. The van der Waals surface area contributed by atoms with Crippen LogP contribution in [0.4, 0.5) is 0 Å². The largest absolute Gasteiger partial charge is 0.494 e. The van der Waals surface area contributed by atoms with Crippen molar-refractivity contribution in [1.29, 1.82) is 0 Å². The van der Waals surface area contributed by atoms with Crippen LogP contribution in [0.5, 0.6) is 11.5 Å². The maximum atomic E-state index is 12.5. The van der Waals surface area contributed by atoms with Gasteiger partial charge in [-0.05, 0) is 43.7 Å². The number of rotatable bonds is 9. The quantitative estimate of drug-likeness (QED) is 0.620. The van der Waals surface area contributed by atoms with E-state index in [2.05, 4.69) is 10.6 Å². The second-order valence-electron chi connectivity index (χ2n) is 7.22. The van der Waals surface area contributed by atoms with Crippen LogP contribution >= 0.6 is 0 Å². The molecule has 1 aliphatic heterocycles. The first-order valence-electron chi connectivity index (χ1n) is 10.2. The molecule has 0 saturated carbocycles. The van der Waals surface area contributed by atoms with Gasteiger partial charge in [0.2, 0.25) is 11.8 Å². The zero-order valence-corrected chi connectivity index (χ0v) is 17.5. The maximum Gasteiger partial charge on any atom is 0.239 e. The molecule has 0 bridgehead atoms. The second kappa shape index (κ2) is 10.6. The van der Waals surface area contributed by atoms with Crippen molar-refractivity contribution in [2.75, 3.05) is 33.0 Å². The van der Waals surface area contributed by atoms with Gasteiger partial charge in [-0.1, -0.05) is 29.8 Å². The van der Waals surface area contributed by atoms with E-state index in [1.807, 2.05) is 62.4 Å². The first-order valence-corrected chi connectivity index (χ1v) is 10.2. The van der Waals surface area contributed by atoms with Crippen LogP contribution in [0, 0.1) is 6.92 Å². The van der Waals surface area contributed by atoms with Gasteiger partial charge in [0.15, 0.2) is 0 Å². The Morgan fingerprint density at radius 1 is 1.10 bits per heavy atom. The number of benzene rings is 2. The fourth-order valence-corrected chi connectivity index (χ4v) is 3.25. The summed E-state index contributed by atoms with van der Waals surface area (Å²) in [7, 11) is 0. The Labute approximate surface area is 177 Å². The maximum absolute atomic E-state index is 12.5. The molecule has 1 heterocycles. The summed E-state index contributed by atoms with van der Waals surface area (Å²) in [4.78, 5) is 26.2. The molecular weight excluding hydrogens is 382 g/mol. The van der Waals surface area contributed by atoms with Gasteiger partial charge >= 0.3 is 0 Å². The van der Waals surface area contributed by atoms with E-state index >= 15 is 0 Å². The minimum Gasteiger partial charge on any atom is -0.494 e. The highest BCUT2D eigenvalue weighted by atomic mass is 16.5. The van der Waals surface area contributed by atoms with Gasteiger partial charge in [0, 0.05) is 12.5 Å². The first-order chi connectivity index (χ1) is 14.5. The SMILES string of the molecule is CCOc1ccc(C2CC(=O)N(CC(=O)NCCOc3ccc(C)cc3)CN2)cc1.